The quantitative estimate of drug-likeness (QED) is 0.832. The van der Waals surface area contributed by atoms with Gasteiger partial charge in [0.15, 0.2) is 9.84 Å². The summed E-state index contributed by atoms with van der Waals surface area (Å²) in [7, 11) is -2.86. The van der Waals surface area contributed by atoms with Crippen molar-refractivity contribution in [2.45, 2.75) is 25.3 Å². The molecular formula is C9H14N2O2S2. The van der Waals surface area contributed by atoms with Crippen LogP contribution in [0.4, 0.5) is 0 Å². The molecule has 1 saturated heterocycles. The van der Waals surface area contributed by atoms with Gasteiger partial charge in [0, 0.05) is 23.0 Å². The molecule has 0 bridgehead atoms. The molecule has 1 fully saturated rings. The molecule has 4 nitrogen and oxygen atoms in total. The summed E-state index contributed by atoms with van der Waals surface area (Å²) in [6.45, 7) is 2.44. The van der Waals surface area contributed by atoms with Crippen LogP contribution in [0.5, 0.6) is 0 Å². The van der Waals surface area contributed by atoms with E-state index >= 15 is 0 Å². The molecule has 0 radical (unpaired) electrons. The number of nitrogens with two attached hydrogens (primary N) is 1. The minimum absolute atomic E-state index is 0.220. The molecule has 0 spiro atoms. The molecule has 1 atom stereocenters. The zero-order chi connectivity index (χ0) is 11.1. The maximum atomic E-state index is 11.4. The smallest absolute Gasteiger partial charge is 0.151 e. The van der Waals surface area contributed by atoms with Crippen molar-refractivity contribution in [3.8, 4) is 0 Å². The Morgan fingerprint density at radius 3 is 2.87 bits per heavy atom. The van der Waals surface area contributed by atoms with Gasteiger partial charge >= 0.3 is 0 Å². The molecule has 1 aromatic rings. The minimum Gasteiger partial charge on any atom is -0.326 e. The first-order chi connectivity index (χ1) is 6.95. The predicted octanol–water partition coefficient (Wildman–Crippen LogP) is 0.678. The Kier molecular flexibility index (Phi) is 2.60. The summed E-state index contributed by atoms with van der Waals surface area (Å²) in [5.74, 6) is 0.499. The van der Waals surface area contributed by atoms with Gasteiger partial charge in [0.2, 0.25) is 0 Å². The minimum atomic E-state index is -2.86. The topological polar surface area (TPSA) is 73.0 Å². The van der Waals surface area contributed by atoms with Gasteiger partial charge in [-0.15, -0.1) is 11.3 Å². The third-order valence-corrected chi connectivity index (χ3v) is 6.00. The summed E-state index contributed by atoms with van der Waals surface area (Å²) < 4.78 is 22.9. The maximum absolute atomic E-state index is 11.4. The van der Waals surface area contributed by atoms with Crippen LogP contribution >= 0.6 is 11.3 Å². The molecule has 2 rings (SSSR count). The van der Waals surface area contributed by atoms with E-state index in [1.165, 1.54) is 11.3 Å². The van der Waals surface area contributed by atoms with E-state index in [4.69, 9.17) is 5.73 Å². The molecule has 1 aliphatic rings. The van der Waals surface area contributed by atoms with E-state index in [0.717, 1.165) is 9.88 Å². The monoisotopic (exact) mass is 246 g/mol. The molecule has 0 amide bonds. The van der Waals surface area contributed by atoms with E-state index < -0.39 is 9.84 Å². The van der Waals surface area contributed by atoms with Gasteiger partial charge in [-0.1, -0.05) is 6.92 Å². The first kappa shape index (κ1) is 11.0. The van der Waals surface area contributed by atoms with Crippen molar-refractivity contribution in [3.05, 3.63) is 16.1 Å². The molecule has 84 valence electrons. The van der Waals surface area contributed by atoms with Crippen LogP contribution in [0.15, 0.2) is 6.20 Å². The number of thiazole rings is 1. The fourth-order valence-corrected chi connectivity index (χ4v) is 5.07. The van der Waals surface area contributed by atoms with Crippen LogP contribution in [-0.2, 0) is 21.8 Å². The molecule has 2 heterocycles. The van der Waals surface area contributed by atoms with Gasteiger partial charge in [-0.3, -0.25) is 0 Å². The third-order valence-electron chi connectivity index (χ3n) is 2.77. The fourth-order valence-electron chi connectivity index (χ4n) is 1.86. The van der Waals surface area contributed by atoms with Crippen LogP contribution in [0.25, 0.3) is 0 Å². The summed E-state index contributed by atoms with van der Waals surface area (Å²) >= 11 is 1.53. The second-order valence-electron chi connectivity index (χ2n) is 4.24. The summed E-state index contributed by atoms with van der Waals surface area (Å²) in [6, 6.07) is 0. The molecular weight excluding hydrogens is 232 g/mol. The zero-order valence-electron chi connectivity index (χ0n) is 8.56. The third kappa shape index (κ3) is 2.07. The highest BCUT2D eigenvalue weighted by Crippen LogP contribution is 2.37. The standard InChI is InChI=1S/C9H14N2O2S2/c1-9(2-3-15(12,13)6-9)8-11-5-7(4-10)14-8/h5H,2-4,6,10H2,1H3. The summed E-state index contributed by atoms with van der Waals surface area (Å²) in [5.41, 5.74) is 5.22. The van der Waals surface area contributed by atoms with Crippen molar-refractivity contribution in [1.29, 1.82) is 0 Å². The van der Waals surface area contributed by atoms with Crippen LogP contribution in [0.2, 0.25) is 0 Å². The molecule has 0 aromatic carbocycles. The lowest BCUT2D eigenvalue weighted by Crippen LogP contribution is -2.22. The molecule has 2 N–H and O–H groups in total. The Bertz CT molecular complexity index is 466. The fraction of sp³-hybridized carbons (Fsp3) is 0.667. The van der Waals surface area contributed by atoms with E-state index in [-0.39, 0.29) is 16.9 Å². The van der Waals surface area contributed by atoms with Crippen molar-refractivity contribution >= 4 is 21.2 Å². The van der Waals surface area contributed by atoms with E-state index in [0.29, 0.717) is 13.0 Å². The van der Waals surface area contributed by atoms with Gasteiger partial charge in [0.05, 0.1) is 16.5 Å². The van der Waals surface area contributed by atoms with Gasteiger partial charge < -0.3 is 5.73 Å². The number of nitrogens with zero attached hydrogens (tertiary/aromatic N) is 1. The molecule has 0 aliphatic carbocycles. The Morgan fingerprint density at radius 1 is 1.67 bits per heavy atom. The predicted molar refractivity (Wildman–Crippen MR) is 60.6 cm³/mol. The molecule has 6 heteroatoms. The van der Waals surface area contributed by atoms with Crippen LogP contribution in [0.1, 0.15) is 23.2 Å². The van der Waals surface area contributed by atoms with Crippen molar-refractivity contribution in [2.75, 3.05) is 11.5 Å². The average molecular weight is 246 g/mol. The normalized spacial score (nSPS) is 29.5. The molecule has 1 aromatic heterocycles. The number of hydrogen-bond acceptors (Lipinski definition) is 5. The van der Waals surface area contributed by atoms with Crippen molar-refractivity contribution < 1.29 is 8.42 Å². The molecule has 15 heavy (non-hydrogen) atoms. The number of sulfone groups is 1. The maximum Gasteiger partial charge on any atom is 0.151 e. The second-order valence-corrected chi connectivity index (χ2v) is 7.54. The van der Waals surface area contributed by atoms with Crippen LogP contribution in [0.3, 0.4) is 0 Å². The van der Waals surface area contributed by atoms with Crippen molar-refractivity contribution in [2.24, 2.45) is 5.73 Å². The SMILES string of the molecule is CC1(c2ncc(CN)s2)CCS(=O)(=O)C1. The Hall–Kier alpha value is -0.460. The van der Waals surface area contributed by atoms with E-state index in [9.17, 15) is 8.42 Å². The Labute approximate surface area is 93.4 Å². The van der Waals surface area contributed by atoms with Crippen LogP contribution in [-0.4, -0.2) is 24.9 Å². The lowest BCUT2D eigenvalue weighted by atomic mass is 9.91. The molecule has 1 aliphatic heterocycles. The summed E-state index contributed by atoms with van der Waals surface area (Å²) in [6.07, 6.45) is 2.42. The first-order valence-electron chi connectivity index (χ1n) is 4.81. The van der Waals surface area contributed by atoms with E-state index in [2.05, 4.69) is 4.98 Å². The second kappa shape index (κ2) is 3.54. The highest BCUT2D eigenvalue weighted by atomic mass is 32.2. The first-order valence-corrected chi connectivity index (χ1v) is 7.45. The van der Waals surface area contributed by atoms with Gasteiger partial charge in [-0.05, 0) is 6.42 Å². The number of hydrogen-bond donors (Lipinski definition) is 1. The van der Waals surface area contributed by atoms with Crippen LogP contribution < -0.4 is 5.73 Å². The van der Waals surface area contributed by atoms with Crippen molar-refractivity contribution in [3.63, 3.8) is 0 Å². The van der Waals surface area contributed by atoms with Gasteiger partial charge in [0.25, 0.3) is 0 Å². The van der Waals surface area contributed by atoms with Gasteiger partial charge in [-0.2, -0.15) is 0 Å². The number of aromatic nitrogens is 1. The van der Waals surface area contributed by atoms with E-state index in [1.54, 1.807) is 6.20 Å². The zero-order valence-corrected chi connectivity index (χ0v) is 10.2. The van der Waals surface area contributed by atoms with Gasteiger partial charge in [0.1, 0.15) is 0 Å². The van der Waals surface area contributed by atoms with E-state index in [1.807, 2.05) is 6.92 Å². The molecule has 1 unspecified atom stereocenters. The Balaban J connectivity index is 2.31. The molecule has 0 saturated carbocycles. The lowest BCUT2D eigenvalue weighted by molar-refractivity contribution is 0.533. The van der Waals surface area contributed by atoms with Gasteiger partial charge in [-0.25, -0.2) is 13.4 Å². The Morgan fingerprint density at radius 2 is 2.40 bits per heavy atom. The summed E-state index contributed by atoms with van der Waals surface area (Å²) in [4.78, 5) is 5.29. The lowest BCUT2D eigenvalue weighted by Gasteiger charge is -2.17. The average Bonchev–Trinajstić information content (AvgIpc) is 2.71. The number of rotatable bonds is 2. The van der Waals surface area contributed by atoms with Crippen molar-refractivity contribution in [1.82, 2.24) is 4.98 Å². The summed E-state index contributed by atoms with van der Waals surface area (Å²) in [5, 5.41) is 0.907. The highest BCUT2D eigenvalue weighted by molar-refractivity contribution is 7.91. The van der Waals surface area contributed by atoms with Crippen LogP contribution in [0, 0.1) is 0 Å². The highest BCUT2D eigenvalue weighted by Gasteiger charge is 2.41. The largest absolute Gasteiger partial charge is 0.326 e.